The second-order valence-corrected chi connectivity index (χ2v) is 5.70. The minimum atomic E-state index is -1.08. The van der Waals surface area contributed by atoms with E-state index in [-0.39, 0.29) is 12.3 Å². The first-order chi connectivity index (χ1) is 12.0. The average molecular weight is 340 g/mol. The number of anilines is 1. The Hall–Kier alpha value is -2.99. The summed E-state index contributed by atoms with van der Waals surface area (Å²) in [5.74, 6) is -0.364. The zero-order valence-electron chi connectivity index (χ0n) is 13.6. The monoisotopic (exact) mass is 340 g/mol. The number of carbonyl (C=O) groups excluding carboxylic acids is 1. The molecule has 0 saturated heterocycles. The molecule has 128 valence electrons. The molecule has 0 bridgehead atoms. The number of nitrogens with one attached hydrogen (secondary N) is 1. The van der Waals surface area contributed by atoms with Gasteiger partial charge >= 0.3 is 0 Å². The molecule has 0 aliphatic heterocycles. The number of aryl methyl sites for hydroxylation is 1. The number of nitrogens with zero attached hydrogens (tertiary/aromatic N) is 1. The van der Waals surface area contributed by atoms with Crippen LogP contribution in [-0.4, -0.2) is 16.0 Å². The number of rotatable bonds is 5. The molecule has 0 spiro atoms. The Morgan fingerprint density at radius 1 is 1.28 bits per heavy atom. The van der Waals surface area contributed by atoms with Crippen LogP contribution in [0.3, 0.4) is 0 Å². The van der Waals surface area contributed by atoms with Gasteiger partial charge in [0.15, 0.2) is 0 Å². The molecule has 5 nitrogen and oxygen atoms in total. The van der Waals surface area contributed by atoms with Crippen molar-refractivity contribution >= 4 is 11.6 Å². The molecule has 2 aromatic carbocycles. The fourth-order valence-electron chi connectivity index (χ4n) is 2.44. The van der Waals surface area contributed by atoms with Gasteiger partial charge in [-0.1, -0.05) is 18.2 Å². The van der Waals surface area contributed by atoms with Crippen molar-refractivity contribution in [3.8, 4) is 11.5 Å². The molecule has 6 heteroatoms. The first-order valence-corrected chi connectivity index (χ1v) is 7.77. The van der Waals surface area contributed by atoms with Gasteiger partial charge in [-0.2, -0.15) is 0 Å². The predicted octanol–water partition coefficient (Wildman–Crippen LogP) is 3.85. The van der Waals surface area contributed by atoms with E-state index in [2.05, 4.69) is 10.3 Å². The molecule has 1 unspecified atom stereocenters. The van der Waals surface area contributed by atoms with Crippen molar-refractivity contribution in [1.29, 1.82) is 0 Å². The Morgan fingerprint density at radius 2 is 2.08 bits per heavy atom. The third-order valence-corrected chi connectivity index (χ3v) is 3.62. The maximum atomic E-state index is 13.2. The molecular weight excluding hydrogens is 323 g/mol. The number of aliphatic hydroxyl groups excluding tert-OH is 1. The Balaban J connectivity index is 1.67. The Kier molecular flexibility index (Phi) is 4.90. The van der Waals surface area contributed by atoms with Crippen LogP contribution in [-0.2, 0) is 4.79 Å². The predicted molar refractivity (Wildman–Crippen MR) is 91.3 cm³/mol. The van der Waals surface area contributed by atoms with E-state index in [1.54, 1.807) is 30.5 Å². The van der Waals surface area contributed by atoms with E-state index in [9.17, 15) is 14.3 Å². The average Bonchev–Trinajstić information content (AvgIpc) is 3.01. The minimum absolute atomic E-state index is 0.175. The van der Waals surface area contributed by atoms with E-state index >= 15 is 0 Å². The number of aromatic nitrogens is 1. The van der Waals surface area contributed by atoms with Crippen LogP contribution in [0.2, 0.25) is 0 Å². The smallest absolute Gasteiger partial charge is 0.227 e. The van der Waals surface area contributed by atoms with E-state index in [0.717, 1.165) is 11.3 Å². The number of oxazole rings is 1. The molecule has 0 aliphatic carbocycles. The second kappa shape index (κ2) is 7.27. The maximum Gasteiger partial charge on any atom is 0.227 e. The lowest BCUT2D eigenvalue weighted by atomic mass is 10.1. The maximum absolute atomic E-state index is 13.2. The van der Waals surface area contributed by atoms with Gasteiger partial charge in [-0.15, -0.1) is 0 Å². The van der Waals surface area contributed by atoms with Gasteiger partial charge in [0.05, 0.1) is 18.2 Å². The number of hydrogen-bond donors (Lipinski definition) is 2. The Morgan fingerprint density at radius 3 is 2.80 bits per heavy atom. The topological polar surface area (TPSA) is 75.4 Å². The Labute approximate surface area is 144 Å². The summed E-state index contributed by atoms with van der Waals surface area (Å²) in [5, 5.41) is 12.8. The van der Waals surface area contributed by atoms with Gasteiger partial charge in [0.2, 0.25) is 11.8 Å². The lowest BCUT2D eigenvalue weighted by Gasteiger charge is -2.12. The molecule has 1 atom stereocenters. The lowest BCUT2D eigenvalue weighted by Crippen LogP contribution is -2.15. The van der Waals surface area contributed by atoms with Crippen molar-refractivity contribution < 1.29 is 18.7 Å². The third-order valence-electron chi connectivity index (χ3n) is 3.62. The minimum Gasteiger partial charge on any atom is -0.444 e. The van der Waals surface area contributed by atoms with Crippen molar-refractivity contribution in [3.05, 3.63) is 71.9 Å². The van der Waals surface area contributed by atoms with Crippen LogP contribution in [0, 0.1) is 12.7 Å². The van der Waals surface area contributed by atoms with Crippen LogP contribution in [0.4, 0.5) is 10.1 Å². The number of benzene rings is 2. The standard InChI is InChI=1S/C19H17FN2O3/c1-12-11-25-19(21-12)14-5-3-7-16(9-14)22-18(24)10-17(23)13-4-2-6-15(20)8-13/h2-9,11,17,23H,10H2,1H3,(H,22,24). The van der Waals surface area contributed by atoms with Crippen LogP contribution < -0.4 is 5.32 Å². The van der Waals surface area contributed by atoms with Gasteiger partial charge in [-0.3, -0.25) is 4.79 Å². The summed E-state index contributed by atoms with van der Waals surface area (Å²) in [6.45, 7) is 1.83. The van der Waals surface area contributed by atoms with Crippen LogP contribution in [0.5, 0.6) is 0 Å². The second-order valence-electron chi connectivity index (χ2n) is 5.70. The van der Waals surface area contributed by atoms with E-state index in [1.165, 1.54) is 18.2 Å². The van der Waals surface area contributed by atoms with Crippen molar-refractivity contribution in [1.82, 2.24) is 4.98 Å². The number of hydrogen-bond acceptors (Lipinski definition) is 4. The molecule has 25 heavy (non-hydrogen) atoms. The molecule has 1 heterocycles. The van der Waals surface area contributed by atoms with Gasteiger partial charge in [0.25, 0.3) is 0 Å². The molecule has 2 N–H and O–H groups in total. The molecule has 3 rings (SSSR count). The van der Waals surface area contributed by atoms with E-state index in [1.807, 2.05) is 13.0 Å². The highest BCUT2D eigenvalue weighted by atomic mass is 19.1. The molecule has 3 aromatic rings. The highest BCUT2D eigenvalue weighted by Gasteiger charge is 2.14. The molecule has 0 fully saturated rings. The number of amides is 1. The van der Waals surface area contributed by atoms with Crippen molar-refractivity contribution in [2.45, 2.75) is 19.4 Å². The Bertz CT molecular complexity index is 892. The summed E-state index contributed by atoms with van der Waals surface area (Å²) in [6, 6.07) is 12.6. The third kappa shape index (κ3) is 4.30. The summed E-state index contributed by atoms with van der Waals surface area (Å²) in [6.07, 6.45) is 0.301. The molecule has 0 radical (unpaired) electrons. The van der Waals surface area contributed by atoms with Crippen molar-refractivity contribution in [3.63, 3.8) is 0 Å². The highest BCUT2D eigenvalue weighted by molar-refractivity contribution is 5.91. The van der Waals surface area contributed by atoms with Gasteiger partial charge in [-0.25, -0.2) is 9.37 Å². The molecule has 1 amide bonds. The van der Waals surface area contributed by atoms with E-state index < -0.39 is 11.9 Å². The molecule has 0 aliphatic rings. The molecule has 0 saturated carbocycles. The van der Waals surface area contributed by atoms with Gasteiger partial charge in [0.1, 0.15) is 12.1 Å². The van der Waals surface area contributed by atoms with Crippen LogP contribution in [0.1, 0.15) is 23.8 Å². The zero-order valence-corrected chi connectivity index (χ0v) is 13.6. The van der Waals surface area contributed by atoms with Crippen molar-refractivity contribution in [2.75, 3.05) is 5.32 Å². The van der Waals surface area contributed by atoms with Crippen LogP contribution >= 0.6 is 0 Å². The normalized spacial score (nSPS) is 12.0. The summed E-state index contributed by atoms with van der Waals surface area (Å²) in [4.78, 5) is 16.4. The van der Waals surface area contributed by atoms with Gasteiger partial charge < -0.3 is 14.8 Å². The lowest BCUT2D eigenvalue weighted by molar-refractivity contribution is -0.118. The van der Waals surface area contributed by atoms with Gasteiger partial charge in [-0.05, 0) is 42.8 Å². The highest BCUT2D eigenvalue weighted by Crippen LogP contribution is 2.23. The molecule has 1 aromatic heterocycles. The van der Waals surface area contributed by atoms with Gasteiger partial charge in [0, 0.05) is 11.3 Å². The summed E-state index contributed by atoms with van der Waals surface area (Å²) in [7, 11) is 0. The van der Waals surface area contributed by atoms with Crippen LogP contribution in [0.25, 0.3) is 11.5 Å². The fraction of sp³-hybridized carbons (Fsp3) is 0.158. The number of halogens is 1. The molecular formula is C19H17FN2O3. The summed E-state index contributed by atoms with van der Waals surface area (Å²) < 4.78 is 18.5. The van der Waals surface area contributed by atoms with Crippen LogP contribution in [0.15, 0.2) is 59.2 Å². The van der Waals surface area contributed by atoms with E-state index in [4.69, 9.17) is 4.42 Å². The quantitative estimate of drug-likeness (QED) is 0.740. The summed E-state index contributed by atoms with van der Waals surface area (Å²) >= 11 is 0. The zero-order chi connectivity index (χ0) is 17.8. The number of carbonyl (C=O) groups is 1. The first kappa shape index (κ1) is 16.9. The first-order valence-electron chi connectivity index (χ1n) is 7.77. The number of aliphatic hydroxyl groups is 1. The largest absolute Gasteiger partial charge is 0.444 e. The van der Waals surface area contributed by atoms with E-state index in [0.29, 0.717) is 17.1 Å². The summed E-state index contributed by atoms with van der Waals surface area (Å²) in [5.41, 5.74) is 2.42. The SMILES string of the molecule is Cc1coc(-c2cccc(NC(=O)CC(O)c3cccc(F)c3)c2)n1. The van der Waals surface area contributed by atoms with Crippen molar-refractivity contribution in [2.24, 2.45) is 0 Å². The fourth-order valence-corrected chi connectivity index (χ4v) is 2.44.